The van der Waals surface area contributed by atoms with Crippen LogP contribution in [-0.2, 0) is 0 Å². The van der Waals surface area contributed by atoms with Crippen LogP contribution in [0.3, 0.4) is 0 Å². The predicted octanol–water partition coefficient (Wildman–Crippen LogP) is 1.92. The van der Waals surface area contributed by atoms with Crippen LogP contribution in [0.15, 0.2) is 18.2 Å². The van der Waals surface area contributed by atoms with Gasteiger partial charge in [-0.15, -0.1) is 0 Å². The second-order valence-corrected chi connectivity index (χ2v) is 3.09. The van der Waals surface area contributed by atoms with Gasteiger partial charge in [0, 0.05) is 5.56 Å². The van der Waals surface area contributed by atoms with E-state index in [1.54, 1.807) is 13.2 Å². The molecule has 0 fully saturated rings. The van der Waals surface area contributed by atoms with Gasteiger partial charge in [0.25, 0.3) is 0 Å². The average molecular weight is 210 g/mol. The molecule has 0 amide bonds. The second kappa shape index (κ2) is 5.54. The number of hydrogen-bond acceptors (Lipinski definition) is 2. The number of hydrogen-bond donors (Lipinski definition) is 1. The van der Waals surface area contributed by atoms with Crippen LogP contribution in [0, 0.1) is 11.8 Å². The first kappa shape index (κ1) is 10.9. The van der Waals surface area contributed by atoms with Gasteiger partial charge < -0.3 is 10.1 Å². The maximum atomic E-state index is 5.87. The fraction of sp³-hybridized carbons (Fsp3) is 0.273. The molecule has 0 aliphatic rings. The molecule has 3 heteroatoms. The van der Waals surface area contributed by atoms with Crippen molar-refractivity contribution in [2.75, 3.05) is 20.7 Å². The van der Waals surface area contributed by atoms with E-state index >= 15 is 0 Å². The molecule has 1 N–H and O–H groups in total. The summed E-state index contributed by atoms with van der Waals surface area (Å²) in [6.45, 7) is 0.672. The van der Waals surface area contributed by atoms with Gasteiger partial charge in [0.05, 0.1) is 18.7 Å². The Balaban J connectivity index is 2.86. The van der Waals surface area contributed by atoms with Gasteiger partial charge >= 0.3 is 0 Å². The van der Waals surface area contributed by atoms with Gasteiger partial charge in [0.1, 0.15) is 5.75 Å². The van der Waals surface area contributed by atoms with Crippen LogP contribution < -0.4 is 10.1 Å². The molecule has 0 aliphatic carbocycles. The van der Waals surface area contributed by atoms with E-state index in [0.717, 1.165) is 5.56 Å². The zero-order valence-electron chi connectivity index (χ0n) is 8.23. The summed E-state index contributed by atoms with van der Waals surface area (Å²) in [6.07, 6.45) is 0. The molecule has 1 aromatic rings. The Kier molecular flexibility index (Phi) is 4.31. The summed E-state index contributed by atoms with van der Waals surface area (Å²) in [5.41, 5.74) is 0.904. The van der Waals surface area contributed by atoms with Crippen LogP contribution in [0.1, 0.15) is 5.56 Å². The minimum Gasteiger partial charge on any atom is -0.495 e. The lowest BCUT2D eigenvalue weighted by Crippen LogP contribution is -2.04. The fourth-order valence-corrected chi connectivity index (χ4v) is 1.17. The molecule has 0 aromatic heterocycles. The normalized spacial score (nSPS) is 9.07. The molecule has 1 aromatic carbocycles. The Morgan fingerprint density at radius 2 is 2.29 bits per heavy atom. The number of nitrogens with one attached hydrogen (secondary N) is 1. The van der Waals surface area contributed by atoms with E-state index in [9.17, 15) is 0 Å². The Labute approximate surface area is 89.2 Å². The van der Waals surface area contributed by atoms with Gasteiger partial charge in [-0.05, 0) is 25.2 Å². The van der Waals surface area contributed by atoms with Crippen molar-refractivity contribution in [2.45, 2.75) is 0 Å². The van der Waals surface area contributed by atoms with Crippen molar-refractivity contribution in [3.05, 3.63) is 28.8 Å². The predicted molar refractivity (Wildman–Crippen MR) is 58.8 cm³/mol. The maximum absolute atomic E-state index is 5.87. The summed E-state index contributed by atoms with van der Waals surface area (Å²) in [7, 11) is 3.45. The number of methoxy groups -OCH3 is 1. The highest BCUT2D eigenvalue weighted by molar-refractivity contribution is 6.32. The van der Waals surface area contributed by atoms with E-state index in [0.29, 0.717) is 17.3 Å². The first-order valence-electron chi connectivity index (χ1n) is 4.25. The lowest BCUT2D eigenvalue weighted by molar-refractivity contribution is 0.415. The van der Waals surface area contributed by atoms with Crippen molar-refractivity contribution >= 4 is 11.6 Å². The van der Waals surface area contributed by atoms with Crippen LogP contribution in [0.4, 0.5) is 0 Å². The number of benzene rings is 1. The van der Waals surface area contributed by atoms with Crippen LogP contribution in [0.2, 0.25) is 5.02 Å². The molecule has 0 heterocycles. The van der Waals surface area contributed by atoms with Gasteiger partial charge in [0.15, 0.2) is 0 Å². The summed E-state index contributed by atoms with van der Waals surface area (Å²) >= 11 is 5.87. The Morgan fingerprint density at radius 3 is 2.93 bits per heavy atom. The zero-order valence-corrected chi connectivity index (χ0v) is 8.98. The highest BCUT2D eigenvalue weighted by Crippen LogP contribution is 2.24. The molecule has 0 bridgehead atoms. The molecular weight excluding hydrogens is 198 g/mol. The smallest absolute Gasteiger partial charge is 0.138 e. The van der Waals surface area contributed by atoms with E-state index in [1.807, 2.05) is 19.2 Å². The maximum Gasteiger partial charge on any atom is 0.138 e. The molecule has 74 valence electrons. The Hall–Kier alpha value is -1.17. The monoisotopic (exact) mass is 209 g/mol. The summed E-state index contributed by atoms with van der Waals surface area (Å²) in [5, 5.41) is 3.55. The first-order valence-corrected chi connectivity index (χ1v) is 4.62. The van der Waals surface area contributed by atoms with Crippen molar-refractivity contribution in [2.24, 2.45) is 0 Å². The highest BCUT2D eigenvalue weighted by atomic mass is 35.5. The van der Waals surface area contributed by atoms with Crippen molar-refractivity contribution in [1.29, 1.82) is 0 Å². The fourth-order valence-electron chi connectivity index (χ4n) is 0.972. The van der Waals surface area contributed by atoms with Gasteiger partial charge in [0.2, 0.25) is 0 Å². The summed E-state index contributed by atoms with van der Waals surface area (Å²) in [6, 6.07) is 5.47. The van der Waals surface area contributed by atoms with Crippen molar-refractivity contribution < 1.29 is 4.74 Å². The van der Waals surface area contributed by atoms with Crippen LogP contribution >= 0.6 is 11.6 Å². The van der Waals surface area contributed by atoms with Crippen LogP contribution in [-0.4, -0.2) is 20.7 Å². The van der Waals surface area contributed by atoms with Gasteiger partial charge in [-0.25, -0.2) is 0 Å². The molecule has 1 rings (SSSR count). The molecule has 0 saturated heterocycles. The van der Waals surface area contributed by atoms with Crippen molar-refractivity contribution in [3.63, 3.8) is 0 Å². The van der Waals surface area contributed by atoms with E-state index in [-0.39, 0.29) is 0 Å². The van der Waals surface area contributed by atoms with Crippen LogP contribution in [0.5, 0.6) is 5.75 Å². The van der Waals surface area contributed by atoms with E-state index in [4.69, 9.17) is 16.3 Å². The van der Waals surface area contributed by atoms with Crippen molar-refractivity contribution in [3.8, 4) is 17.6 Å². The first-order chi connectivity index (χ1) is 6.77. The average Bonchev–Trinajstić information content (AvgIpc) is 2.21. The largest absolute Gasteiger partial charge is 0.495 e. The summed E-state index contributed by atoms with van der Waals surface area (Å²) in [4.78, 5) is 0. The topological polar surface area (TPSA) is 21.3 Å². The number of ether oxygens (including phenoxy) is 1. The molecule has 0 aliphatic heterocycles. The third-order valence-electron chi connectivity index (χ3n) is 1.65. The minimum atomic E-state index is 0.603. The molecule has 0 spiro atoms. The summed E-state index contributed by atoms with van der Waals surface area (Å²) < 4.78 is 5.08. The molecule has 0 saturated carbocycles. The third-order valence-corrected chi connectivity index (χ3v) is 1.96. The Bertz CT molecular complexity index is 365. The Morgan fingerprint density at radius 1 is 1.50 bits per heavy atom. The molecule has 0 radical (unpaired) electrons. The second-order valence-electron chi connectivity index (χ2n) is 2.68. The third kappa shape index (κ3) is 2.95. The standard InChI is InChI=1S/C11H12ClNO/c1-13-7-3-4-9-5-6-10(12)11(8-9)14-2/h5-6,8,13H,7H2,1-2H3. The SMILES string of the molecule is CNCC#Cc1ccc(Cl)c(OC)c1. The lowest BCUT2D eigenvalue weighted by atomic mass is 10.2. The molecule has 0 unspecified atom stereocenters. The minimum absolute atomic E-state index is 0.603. The van der Waals surface area contributed by atoms with Gasteiger partial charge in [-0.2, -0.15) is 0 Å². The van der Waals surface area contributed by atoms with Gasteiger partial charge in [-0.3, -0.25) is 0 Å². The van der Waals surface area contributed by atoms with E-state index in [1.165, 1.54) is 0 Å². The van der Waals surface area contributed by atoms with E-state index in [2.05, 4.69) is 17.2 Å². The molecular formula is C11H12ClNO. The van der Waals surface area contributed by atoms with Gasteiger partial charge in [-0.1, -0.05) is 23.4 Å². The molecule has 2 nitrogen and oxygen atoms in total. The van der Waals surface area contributed by atoms with Crippen molar-refractivity contribution in [1.82, 2.24) is 5.32 Å². The van der Waals surface area contributed by atoms with E-state index < -0.39 is 0 Å². The lowest BCUT2D eigenvalue weighted by Gasteiger charge is -2.01. The zero-order chi connectivity index (χ0) is 10.4. The van der Waals surface area contributed by atoms with Crippen LogP contribution in [0.25, 0.3) is 0 Å². The highest BCUT2D eigenvalue weighted by Gasteiger charge is 1.99. The quantitative estimate of drug-likeness (QED) is 0.752. The molecule has 14 heavy (non-hydrogen) atoms. The summed E-state index contributed by atoms with van der Waals surface area (Å²) in [5.74, 6) is 6.61. The molecule has 0 atom stereocenters. The number of halogens is 1. The number of rotatable bonds is 2.